The topological polar surface area (TPSA) is 49.4 Å². The van der Waals surface area contributed by atoms with E-state index in [1.165, 1.54) is 17.0 Å². The molecule has 2 aliphatic rings. The molecule has 0 spiro atoms. The number of carbonyl (C=O) groups is 2. The van der Waals surface area contributed by atoms with Crippen molar-refractivity contribution in [3.05, 3.63) is 35.4 Å². The maximum Gasteiger partial charge on any atom is 0.417 e. The monoisotopic (exact) mass is 448 g/mol. The van der Waals surface area contributed by atoms with E-state index in [-0.39, 0.29) is 24.4 Å². The van der Waals surface area contributed by atoms with Gasteiger partial charge in [0.15, 0.2) is 0 Å². The number of alkyl halides is 3. The molecule has 2 aliphatic carbocycles. The van der Waals surface area contributed by atoms with Gasteiger partial charge in [0, 0.05) is 6.04 Å². The molecule has 4 nitrogen and oxygen atoms in total. The fourth-order valence-corrected chi connectivity index (χ4v) is 5.06. The predicted molar refractivity (Wildman–Crippen MR) is 117 cm³/mol. The van der Waals surface area contributed by atoms with Crippen molar-refractivity contribution in [3.8, 4) is 12.3 Å². The van der Waals surface area contributed by atoms with Gasteiger partial charge >= 0.3 is 6.18 Å². The Labute approximate surface area is 187 Å². The van der Waals surface area contributed by atoms with Crippen LogP contribution < -0.4 is 5.32 Å². The zero-order valence-corrected chi connectivity index (χ0v) is 18.3. The van der Waals surface area contributed by atoms with Crippen LogP contribution in [0.4, 0.5) is 13.2 Å². The minimum atomic E-state index is -4.68. The second kappa shape index (κ2) is 10.9. The largest absolute Gasteiger partial charge is 0.417 e. The molecule has 0 bridgehead atoms. The molecule has 2 saturated carbocycles. The van der Waals surface area contributed by atoms with Crippen molar-refractivity contribution in [3.63, 3.8) is 0 Å². The van der Waals surface area contributed by atoms with E-state index < -0.39 is 29.3 Å². The van der Waals surface area contributed by atoms with Crippen molar-refractivity contribution < 1.29 is 22.8 Å². The second-order valence-corrected chi connectivity index (χ2v) is 8.87. The Bertz CT molecular complexity index is 834. The van der Waals surface area contributed by atoms with E-state index in [9.17, 15) is 22.8 Å². The first-order valence-electron chi connectivity index (χ1n) is 11.5. The number of rotatable bonds is 6. The lowest BCUT2D eigenvalue weighted by atomic mass is 9.82. The molecular weight excluding hydrogens is 417 g/mol. The number of terminal acetylenes is 1. The van der Waals surface area contributed by atoms with E-state index in [1.54, 1.807) is 0 Å². The molecule has 7 heteroatoms. The van der Waals surface area contributed by atoms with E-state index >= 15 is 0 Å². The third-order valence-corrected chi connectivity index (χ3v) is 6.64. The Morgan fingerprint density at radius 1 is 1.03 bits per heavy atom. The molecule has 32 heavy (non-hydrogen) atoms. The molecule has 0 aliphatic heterocycles. The van der Waals surface area contributed by atoms with Gasteiger partial charge in [0.25, 0.3) is 5.91 Å². The maximum atomic E-state index is 13.6. The van der Waals surface area contributed by atoms with Gasteiger partial charge in [-0.25, -0.2) is 0 Å². The van der Waals surface area contributed by atoms with Gasteiger partial charge in [0.2, 0.25) is 5.91 Å². The molecular formula is C25H31F3N2O2. The summed E-state index contributed by atoms with van der Waals surface area (Å²) in [5.41, 5.74) is -1.48. The summed E-state index contributed by atoms with van der Waals surface area (Å²) >= 11 is 0. The molecule has 3 rings (SSSR count). The molecule has 0 radical (unpaired) electrons. The number of nitrogens with one attached hydrogen (secondary N) is 1. The number of benzene rings is 1. The third kappa shape index (κ3) is 5.85. The summed E-state index contributed by atoms with van der Waals surface area (Å²) in [7, 11) is 0. The van der Waals surface area contributed by atoms with E-state index in [1.807, 2.05) is 0 Å². The van der Waals surface area contributed by atoms with Gasteiger partial charge in [-0.2, -0.15) is 13.2 Å². The molecule has 0 saturated heterocycles. The molecule has 1 unspecified atom stereocenters. The summed E-state index contributed by atoms with van der Waals surface area (Å²) in [6, 6.07) is 3.85. The standard InChI is InChI=1S/C25H31F3N2O2/c1-2-17-30(24(32)20-15-9-10-16-21(20)25(26,27)28)22(18-11-5-3-6-12-18)23(31)29-19-13-7-4-8-14-19/h1,9-10,15-16,18-19,22H,3-8,11-14,17H2,(H,29,31). The molecule has 0 heterocycles. The molecule has 0 aromatic heterocycles. The van der Waals surface area contributed by atoms with E-state index in [2.05, 4.69) is 11.2 Å². The fraction of sp³-hybridized carbons (Fsp3) is 0.600. The summed E-state index contributed by atoms with van der Waals surface area (Å²) < 4.78 is 40.8. The van der Waals surface area contributed by atoms with Crippen LogP contribution in [-0.4, -0.2) is 35.3 Å². The Hall–Kier alpha value is -2.49. The minimum absolute atomic E-state index is 0.0348. The summed E-state index contributed by atoms with van der Waals surface area (Å²) in [6.07, 6.45) is 10.2. The first-order valence-corrected chi connectivity index (χ1v) is 11.5. The molecule has 174 valence electrons. The smallest absolute Gasteiger partial charge is 0.352 e. The highest BCUT2D eigenvalue weighted by atomic mass is 19.4. The summed E-state index contributed by atoms with van der Waals surface area (Å²) in [6.45, 7) is -0.218. The first-order chi connectivity index (χ1) is 15.3. The van der Waals surface area contributed by atoms with Crippen molar-refractivity contribution in [1.29, 1.82) is 0 Å². The Balaban J connectivity index is 1.94. The highest BCUT2D eigenvalue weighted by Gasteiger charge is 2.41. The van der Waals surface area contributed by atoms with Gasteiger partial charge in [-0.1, -0.05) is 56.6 Å². The van der Waals surface area contributed by atoms with Crippen molar-refractivity contribution >= 4 is 11.8 Å². The van der Waals surface area contributed by atoms with Crippen LogP contribution in [0, 0.1) is 18.3 Å². The normalized spacial score (nSPS) is 19.1. The number of nitrogens with zero attached hydrogens (tertiary/aromatic N) is 1. The SMILES string of the molecule is C#CCN(C(=O)c1ccccc1C(F)(F)F)C(C(=O)NC1CCCCC1)C1CCCCC1. The molecule has 1 N–H and O–H groups in total. The van der Waals surface area contributed by atoms with Crippen molar-refractivity contribution in [2.45, 2.75) is 82.5 Å². The first kappa shape index (κ1) is 24.2. The second-order valence-electron chi connectivity index (χ2n) is 8.87. The Kier molecular flexibility index (Phi) is 8.22. The van der Waals surface area contributed by atoms with E-state index in [0.717, 1.165) is 76.3 Å². The number of hydrogen-bond acceptors (Lipinski definition) is 2. The molecule has 1 aromatic carbocycles. The quantitative estimate of drug-likeness (QED) is 0.610. The molecule has 2 fully saturated rings. The average molecular weight is 449 g/mol. The van der Waals surface area contributed by atoms with Crippen LogP contribution in [0.5, 0.6) is 0 Å². The van der Waals surface area contributed by atoms with Crippen molar-refractivity contribution in [2.24, 2.45) is 5.92 Å². The zero-order chi connectivity index (χ0) is 23.1. The highest BCUT2D eigenvalue weighted by Crippen LogP contribution is 2.34. The van der Waals surface area contributed by atoms with E-state index in [0.29, 0.717) is 0 Å². The van der Waals surface area contributed by atoms with Crippen LogP contribution >= 0.6 is 0 Å². The van der Waals surface area contributed by atoms with Crippen LogP contribution in [0.1, 0.15) is 80.1 Å². The number of hydrogen-bond donors (Lipinski definition) is 1. The summed E-state index contributed by atoms with van der Waals surface area (Å²) in [4.78, 5) is 28.1. The van der Waals surface area contributed by atoms with Crippen molar-refractivity contribution in [2.75, 3.05) is 6.54 Å². The van der Waals surface area contributed by atoms with Crippen LogP contribution in [0.25, 0.3) is 0 Å². The predicted octanol–water partition coefficient (Wildman–Crippen LogP) is 5.18. The zero-order valence-electron chi connectivity index (χ0n) is 18.3. The lowest BCUT2D eigenvalue weighted by Crippen LogP contribution is -2.56. The van der Waals surface area contributed by atoms with Crippen LogP contribution in [-0.2, 0) is 11.0 Å². The van der Waals surface area contributed by atoms with Crippen LogP contribution in [0.15, 0.2) is 24.3 Å². The number of carbonyl (C=O) groups excluding carboxylic acids is 2. The van der Waals surface area contributed by atoms with E-state index in [4.69, 9.17) is 6.42 Å². The lowest BCUT2D eigenvalue weighted by molar-refractivity contribution is -0.138. The average Bonchev–Trinajstić information content (AvgIpc) is 2.79. The van der Waals surface area contributed by atoms with Crippen LogP contribution in [0.3, 0.4) is 0 Å². The van der Waals surface area contributed by atoms with Gasteiger partial charge < -0.3 is 10.2 Å². The number of halogens is 3. The molecule has 1 aromatic rings. The van der Waals surface area contributed by atoms with Gasteiger partial charge in [0.1, 0.15) is 6.04 Å². The Morgan fingerprint density at radius 3 is 2.22 bits per heavy atom. The third-order valence-electron chi connectivity index (χ3n) is 6.64. The van der Waals surface area contributed by atoms with Gasteiger partial charge in [-0.05, 0) is 43.7 Å². The molecule has 2 amide bonds. The Morgan fingerprint density at radius 2 is 1.62 bits per heavy atom. The van der Waals surface area contributed by atoms with Crippen LogP contribution in [0.2, 0.25) is 0 Å². The summed E-state index contributed by atoms with van der Waals surface area (Å²) in [5.74, 6) is 1.14. The number of amides is 2. The van der Waals surface area contributed by atoms with Gasteiger partial charge in [-0.3, -0.25) is 9.59 Å². The minimum Gasteiger partial charge on any atom is -0.352 e. The summed E-state index contributed by atoms with van der Waals surface area (Å²) in [5, 5.41) is 3.08. The maximum absolute atomic E-state index is 13.6. The lowest BCUT2D eigenvalue weighted by Gasteiger charge is -2.38. The fourth-order valence-electron chi connectivity index (χ4n) is 5.06. The van der Waals surface area contributed by atoms with Gasteiger partial charge in [-0.15, -0.1) is 6.42 Å². The van der Waals surface area contributed by atoms with Crippen molar-refractivity contribution in [1.82, 2.24) is 10.2 Å². The highest BCUT2D eigenvalue weighted by molar-refractivity contribution is 5.99. The van der Waals surface area contributed by atoms with Gasteiger partial charge in [0.05, 0.1) is 17.7 Å². The molecule has 1 atom stereocenters.